The highest BCUT2D eigenvalue weighted by atomic mass is 16.6. The number of nitrogens with zero attached hydrogens (tertiary/aromatic N) is 1. The molecule has 8 heteroatoms. The first-order chi connectivity index (χ1) is 30.1. The van der Waals surface area contributed by atoms with E-state index in [1.807, 2.05) is 60.8 Å². The van der Waals surface area contributed by atoms with Crippen LogP contribution in [0, 0.1) is 0 Å². The molecule has 62 heavy (non-hydrogen) atoms. The highest BCUT2D eigenvalue weighted by Gasteiger charge is 2.25. The number of carboxylic acids is 1. The van der Waals surface area contributed by atoms with Gasteiger partial charge in [0.25, 0.3) is 0 Å². The average molecular weight is 868 g/mol. The molecule has 2 unspecified atom stereocenters. The number of likely N-dealkylation sites (N-methyl/N-ethyl adjacent to an activating group) is 1. The second-order valence-corrected chi connectivity index (χ2v) is 17.8. The lowest BCUT2D eigenvalue weighted by molar-refractivity contribution is -0.889. The van der Waals surface area contributed by atoms with Crippen LogP contribution < -0.4 is 5.11 Å². The predicted molar refractivity (Wildman–Crippen MR) is 259 cm³/mol. The molecule has 0 aliphatic carbocycles. The van der Waals surface area contributed by atoms with Crippen molar-refractivity contribution in [3.8, 4) is 0 Å². The standard InChI is InChI=1S/C54H93NO7/c1-6-8-10-12-14-16-18-20-22-24-25-26-27-29-31-33-35-37-39-41-43-45-53(57)62-50(48-60-47-46-51(54(58)59)55(3,4)5)49-61-52(56)44-42-40-38-36-34-32-30-28-23-21-19-17-15-13-11-9-7-2/h9,11,13,15,17,19,21,23,28,30,32,34,50-51H,6-8,10,12,14,16,18,20,22,24-27,29,31,33,35-49H2,1-5H3/b11-9+,15-13+,19-17+,23-21+,30-28+,34-32+. The molecule has 0 radical (unpaired) electrons. The lowest BCUT2D eigenvalue weighted by Crippen LogP contribution is -2.55. The van der Waals surface area contributed by atoms with Crippen LogP contribution in [0.2, 0.25) is 0 Å². The van der Waals surface area contributed by atoms with E-state index >= 15 is 0 Å². The van der Waals surface area contributed by atoms with E-state index in [2.05, 4.69) is 26.0 Å². The first-order valence-electron chi connectivity index (χ1n) is 25.0. The number of unbranched alkanes of at least 4 members (excludes halogenated alkanes) is 23. The Morgan fingerprint density at radius 1 is 0.500 bits per heavy atom. The van der Waals surface area contributed by atoms with Gasteiger partial charge in [-0.1, -0.05) is 222 Å². The average Bonchev–Trinajstić information content (AvgIpc) is 3.23. The van der Waals surface area contributed by atoms with Gasteiger partial charge in [0.2, 0.25) is 0 Å². The van der Waals surface area contributed by atoms with Crippen LogP contribution in [0.3, 0.4) is 0 Å². The van der Waals surface area contributed by atoms with Crippen molar-refractivity contribution in [2.24, 2.45) is 0 Å². The first-order valence-corrected chi connectivity index (χ1v) is 25.0. The van der Waals surface area contributed by atoms with Crippen molar-refractivity contribution in [3.63, 3.8) is 0 Å². The lowest BCUT2D eigenvalue weighted by Gasteiger charge is -2.34. The monoisotopic (exact) mass is 868 g/mol. The molecule has 0 heterocycles. The molecule has 356 valence electrons. The number of quaternary nitrogens is 1. The molecule has 2 atom stereocenters. The van der Waals surface area contributed by atoms with Crippen LogP contribution in [-0.4, -0.2) is 75.5 Å². The Kier molecular flexibility index (Phi) is 42.1. The maximum absolute atomic E-state index is 12.8. The fourth-order valence-electron chi connectivity index (χ4n) is 7.16. The zero-order valence-electron chi connectivity index (χ0n) is 40.5. The van der Waals surface area contributed by atoms with Crippen molar-refractivity contribution in [3.05, 3.63) is 72.9 Å². The van der Waals surface area contributed by atoms with E-state index in [0.717, 1.165) is 51.4 Å². The van der Waals surface area contributed by atoms with E-state index in [1.54, 1.807) is 21.1 Å². The summed E-state index contributed by atoms with van der Waals surface area (Å²) in [5.41, 5.74) is 0. The number of rotatable bonds is 44. The topological polar surface area (TPSA) is 102 Å². The molecule has 0 aliphatic rings. The van der Waals surface area contributed by atoms with Gasteiger partial charge in [-0.15, -0.1) is 0 Å². The van der Waals surface area contributed by atoms with Gasteiger partial charge in [0.15, 0.2) is 6.10 Å². The van der Waals surface area contributed by atoms with E-state index in [1.165, 1.54) is 116 Å². The second-order valence-electron chi connectivity index (χ2n) is 17.8. The summed E-state index contributed by atoms with van der Waals surface area (Å²) in [5.74, 6) is -1.79. The molecule has 0 saturated heterocycles. The zero-order valence-corrected chi connectivity index (χ0v) is 40.5. The quantitative estimate of drug-likeness (QED) is 0.0260. The number of esters is 2. The minimum absolute atomic E-state index is 0.0246. The summed E-state index contributed by atoms with van der Waals surface area (Å²) in [4.78, 5) is 37.0. The molecule has 8 nitrogen and oxygen atoms in total. The number of carboxylic acid groups (broad SMARTS) is 1. The minimum Gasteiger partial charge on any atom is -0.544 e. The Morgan fingerprint density at radius 2 is 0.903 bits per heavy atom. The van der Waals surface area contributed by atoms with Crippen molar-refractivity contribution in [1.29, 1.82) is 0 Å². The molecule has 0 aromatic rings. The number of aliphatic carboxylic acids is 1. The Balaban J connectivity index is 4.31. The Morgan fingerprint density at radius 3 is 1.34 bits per heavy atom. The third kappa shape index (κ3) is 42.1. The van der Waals surface area contributed by atoms with Crippen molar-refractivity contribution >= 4 is 17.9 Å². The van der Waals surface area contributed by atoms with E-state index in [9.17, 15) is 19.5 Å². The Hall–Kier alpha value is -3.23. The summed E-state index contributed by atoms with van der Waals surface area (Å²) in [6.07, 6.45) is 56.5. The van der Waals surface area contributed by atoms with Gasteiger partial charge in [-0.3, -0.25) is 9.59 Å². The van der Waals surface area contributed by atoms with Crippen molar-refractivity contribution < 1.29 is 38.2 Å². The smallest absolute Gasteiger partial charge is 0.306 e. The molecule has 0 bridgehead atoms. The van der Waals surface area contributed by atoms with Crippen molar-refractivity contribution in [1.82, 2.24) is 0 Å². The SMILES string of the molecule is CC/C=C/C=C/C=C/C=C/C=C/C=C/CCCCCC(=O)OCC(COCCC(C(=O)[O-])[N+](C)(C)C)OC(=O)CCCCCCCCCCCCCCCCCCCCCCC. The summed E-state index contributed by atoms with van der Waals surface area (Å²) < 4.78 is 17.2. The number of ether oxygens (including phenoxy) is 3. The number of carbonyl (C=O) groups is 3. The fraction of sp³-hybridized carbons (Fsp3) is 0.722. The number of carbonyl (C=O) groups excluding carboxylic acids is 3. The van der Waals surface area contributed by atoms with Gasteiger partial charge in [-0.2, -0.15) is 0 Å². The van der Waals surface area contributed by atoms with Crippen LogP contribution in [0.1, 0.15) is 200 Å². The third-order valence-electron chi connectivity index (χ3n) is 11.0. The third-order valence-corrected chi connectivity index (χ3v) is 11.0. The largest absolute Gasteiger partial charge is 0.544 e. The van der Waals surface area contributed by atoms with Crippen molar-refractivity contribution in [2.45, 2.75) is 212 Å². The van der Waals surface area contributed by atoms with Gasteiger partial charge < -0.3 is 28.6 Å². The van der Waals surface area contributed by atoms with Gasteiger partial charge >= 0.3 is 11.9 Å². The molecule has 0 N–H and O–H groups in total. The number of allylic oxidation sites excluding steroid dienone is 12. The summed E-state index contributed by atoms with van der Waals surface area (Å²) in [6.45, 7) is 4.49. The summed E-state index contributed by atoms with van der Waals surface area (Å²) in [6, 6.07) is -0.736. The molecule has 0 rings (SSSR count). The molecular weight excluding hydrogens is 775 g/mol. The maximum Gasteiger partial charge on any atom is 0.306 e. The molecular formula is C54H93NO7. The predicted octanol–water partition coefficient (Wildman–Crippen LogP) is 13.0. The molecule has 0 aliphatic heterocycles. The molecule has 0 amide bonds. The summed E-state index contributed by atoms with van der Waals surface area (Å²) >= 11 is 0. The zero-order chi connectivity index (χ0) is 45.6. The van der Waals surface area contributed by atoms with Crippen LogP contribution >= 0.6 is 0 Å². The van der Waals surface area contributed by atoms with Crippen LogP contribution in [0.15, 0.2) is 72.9 Å². The van der Waals surface area contributed by atoms with E-state index in [-0.39, 0.29) is 42.7 Å². The summed E-state index contributed by atoms with van der Waals surface area (Å²) in [5, 5.41) is 11.7. The van der Waals surface area contributed by atoms with Gasteiger partial charge in [-0.05, 0) is 32.1 Å². The van der Waals surface area contributed by atoms with Crippen LogP contribution in [0.25, 0.3) is 0 Å². The molecule has 0 spiro atoms. The molecule has 0 saturated carbocycles. The van der Waals surface area contributed by atoms with Gasteiger partial charge in [-0.25, -0.2) is 0 Å². The van der Waals surface area contributed by atoms with Crippen LogP contribution in [-0.2, 0) is 28.6 Å². The van der Waals surface area contributed by atoms with Gasteiger partial charge in [0.05, 0.1) is 40.3 Å². The Bertz CT molecular complexity index is 1240. The number of hydrogen-bond donors (Lipinski definition) is 0. The normalized spacial score (nSPS) is 13.5. The molecule has 0 fully saturated rings. The van der Waals surface area contributed by atoms with Crippen LogP contribution in [0.4, 0.5) is 0 Å². The summed E-state index contributed by atoms with van der Waals surface area (Å²) in [7, 11) is 5.40. The van der Waals surface area contributed by atoms with Gasteiger partial charge in [0, 0.05) is 19.3 Å². The van der Waals surface area contributed by atoms with E-state index in [0.29, 0.717) is 12.8 Å². The van der Waals surface area contributed by atoms with Crippen LogP contribution in [0.5, 0.6) is 0 Å². The lowest BCUT2D eigenvalue weighted by atomic mass is 10.0. The fourth-order valence-corrected chi connectivity index (χ4v) is 7.16. The maximum atomic E-state index is 12.8. The molecule has 0 aromatic carbocycles. The highest BCUT2D eigenvalue weighted by Crippen LogP contribution is 2.16. The minimum atomic E-state index is -1.13. The Labute approximate surface area is 381 Å². The first kappa shape index (κ1) is 58.8. The molecule has 0 aromatic heterocycles. The van der Waals surface area contributed by atoms with Crippen molar-refractivity contribution in [2.75, 3.05) is 41.0 Å². The number of hydrogen-bond acceptors (Lipinski definition) is 7. The van der Waals surface area contributed by atoms with Gasteiger partial charge in [0.1, 0.15) is 12.6 Å². The second kappa shape index (κ2) is 44.4. The van der Waals surface area contributed by atoms with E-state index < -0.39 is 18.1 Å². The highest BCUT2D eigenvalue weighted by molar-refractivity contribution is 5.70. The van der Waals surface area contributed by atoms with E-state index in [4.69, 9.17) is 14.2 Å².